The number of aryl methyl sites for hydroxylation is 2. The fourth-order valence-electron chi connectivity index (χ4n) is 2.89. The van der Waals surface area contributed by atoms with Crippen LogP contribution in [0.25, 0.3) is 0 Å². The highest BCUT2D eigenvalue weighted by Crippen LogP contribution is 2.23. The number of nitrogens with one attached hydrogen (secondary N) is 1. The molecule has 2 aliphatic rings. The van der Waals surface area contributed by atoms with E-state index in [0.29, 0.717) is 6.10 Å². The molecular weight excluding hydrogens is 210 g/mol. The van der Waals surface area contributed by atoms with E-state index in [1.807, 2.05) is 0 Å². The van der Waals surface area contributed by atoms with E-state index < -0.39 is 0 Å². The molecule has 1 N–H and O–H groups in total. The van der Waals surface area contributed by atoms with E-state index in [1.54, 1.807) is 11.1 Å². The van der Waals surface area contributed by atoms with Crippen molar-refractivity contribution in [2.75, 3.05) is 13.1 Å². The van der Waals surface area contributed by atoms with Gasteiger partial charge in [0, 0.05) is 6.54 Å². The number of hydrogen-bond donors (Lipinski definition) is 1. The first-order valence-corrected chi connectivity index (χ1v) is 6.85. The third-order valence-corrected chi connectivity index (χ3v) is 3.90. The molecule has 92 valence electrons. The van der Waals surface area contributed by atoms with Crippen LogP contribution in [0, 0.1) is 0 Å². The zero-order valence-corrected chi connectivity index (χ0v) is 10.4. The zero-order chi connectivity index (χ0) is 11.5. The largest absolute Gasteiger partial charge is 0.372 e. The van der Waals surface area contributed by atoms with Gasteiger partial charge in [-0.2, -0.15) is 0 Å². The molecule has 2 heteroatoms. The minimum absolute atomic E-state index is 0.414. The van der Waals surface area contributed by atoms with Crippen molar-refractivity contribution in [2.45, 2.75) is 44.8 Å². The summed E-state index contributed by atoms with van der Waals surface area (Å²) in [4.78, 5) is 0. The van der Waals surface area contributed by atoms with E-state index in [-0.39, 0.29) is 0 Å². The summed E-state index contributed by atoms with van der Waals surface area (Å²) in [5.41, 5.74) is 4.44. The smallest absolute Gasteiger partial charge is 0.0721 e. The molecule has 0 saturated carbocycles. The summed E-state index contributed by atoms with van der Waals surface area (Å²) in [6.45, 7) is 2.95. The SMILES string of the molecule is c1cc2c(cc1COC1CCCNC1)CCC2. The molecule has 1 atom stereocenters. The van der Waals surface area contributed by atoms with Crippen LogP contribution in [0.15, 0.2) is 18.2 Å². The summed E-state index contributed by atoms with van der Waals surface area (Å²) in [7, 11) is 0. The van der Waals surface area contributed by atoms with Crippen LogP contribution in [-0.2, 0) is 24.2 Å². The summed E-state index contributed by atoms with van der Waals surface area (Å²) in [5.74, 6) is 0. The Morgan fingerprint density at radius 1 is 1.18 bits per heavy atom. The summed E-state index contributed by atoms with van der Waals surface area (Å²) in [6, 6.07) is 6.87. The minimum atomic E-state index is 0.414. The second-order valence-corrected chi connectivity index (χ2v) is 5.24. The van der Waals surface area contributed by atoms with E-state index in [2.05, 4.69) is 23.5 Å². The van der Waals surface area contributed by atoms with Gasteiger partial charge < -0.3 is 10.1 Å². The van der Waals surface area contributed by atoms with Crippen molar-refractivity contribution in [3.05, 3.63) is 34.9 Å². The van der Waals surface area contributed by atoms with Gasteiger partial charge in [-0.1, -0.05) is 18.2 Å². The maximum Gasteiger partial charge on any atom is 0.0721 e. The van der Waals surface area contributed by atoms with Crippen molar-refractivity contribution in [1.29, 1.82) is 0 Å². The van der Waals surface area contributed by atoms with E-state index in [4.69, 9.17) is 4.74 Å². The zero-order valence-electron chi connectivity index (χ0n) is 10.4. The predicted octanol–water partition coefficient (Wildman–Crippen LogP) is 2.44. The molecule has 1 aromatic carbocycles. The topological polar surface area (TPSA) is 21.3 Å². The third-order valence-electron chi connectivity index (χ3n) is 3.90. The molecule has 1 unspecified atom stereocenters. The molecule has 1 fully saturated rings. The van der Waals surface area contributed by atoms with Crippen molar-refractivity contribution in [3.63, 3.8) is 0 Å². The maximum absolute atomic E-state index is 5.97. The predicted molar refractivity (Wildman–Crippen MR) is 69.1 cm³/mol. The highest BCUT2D eigenvalue weighted by molar-refractivity contribution is 5.35. The van der Waals surface area contributed by atoms with Gasteiger partial charge in [-0.05, 0) is 55.3 Å². The molecule has 3 rings (SSSR count). The van der Waals surface area contributed by atoms with Crippen LogP contribution < -0.4 is 5.32 Å². The Hall–Kier alpha value is -0.860. The Morgan fingerprint density at radius 3 is 3.00 bits per heavy atom. The van der Waals surface area contributed by atoms with E-state index in [1.165, 1.54) is 37.7 Å². The average Bonchev–Trinajstić information content (AvgIpc) is 2.85. The normalized spacial score (nSPS) is 23.6. The van der Waals surface area contributed by atoms with Crippen LogP contribution in [0.4, 0.5) is 0 Å². The molecule has 1 aliphatic carbocycles. The number of rotatable bonds is 3. The molecule has 17 heavy (non-hydrogen) atoms. The molecular formula is C15H21NO. The highest BCUT2D eigenvalue weighted by Gasteiger charge is 2.14. The Labute approximate surface area is 103 Å². The molecule has 0 spiro atoms. The number of fused-ring (bicyclic) bond motifs is 1. The molecule has 1 aliphatic heterocycles. The molecule has 1 heterocycles. The van der Waals surface area contributed by atoms with Gasteiger partial charge in [-0.15, -0.1) is 0 Å². The Morgan fingerprint density at radius 2 is 2.12 bits per heavy atom. The highest BCUT2D eigenvalue weighted by atomic mass is 16.5. The lowest BCUT2D eigenvalue weighted by atomic mass is 10.1. The molecule has 2 nitrogen and oxygen atoms in total. The number of ether oxygens (including phenoxy) is 1. The van der Waals surface area contributed by atoms with Crippen molar-refractivity contribution < 1.29 is 4.74 Å². The van der Waals surface area contributed by atoms with Crippen molar-refractivity contribution in [2.24, 2.45) is 0 Å². The average molecular weight is 231 g/mol. The van der Waals surface area contributed by atoms with Crippen LogP contribution in [0.3, 0.4) is 0 Å². The van der Waals surface area contributed by atoms with Gasteiger partial charge >= 0.3 is 0 Å². The van der Waals surface area contributed by atoms with Crippen molar-refractivity contribution >= 4 is 0 Å². The lowest BCUT2D eigenvalue weighted by Gasteiger charge is -2.23. The van der Waals surface area contributed by atoms with Gasteiger partial charge in [-0.25, -0.2) is 0 Å². The molecule has 0 amide bonds. The second kappa shape index (κ2) is 5.19. The summed E-state index contributed by atoms with van der Waals surface area (Å²) < 4.78 is 5.97. The van der Waals surface area contributed by atoms with Crippen LogP contribution in [0.1, 0.15) is 36.0 Å². The monoisotopic (exact) mass is 231 g/mol. The quantitative estimate of drug-likeness (QED) is 0.862. The van der Waals surface area contributed by atoms with E-state index >= 15 is 0 Å². The maximum atomic E-state index is 5.97. The van der Waals surface area contributed by atoms with Gasteiger partial charge in [0.05, 0.1) is 12.7 Å². The number of piperidine rings is 1. The fraction of sp³-hybridized carbons (Fsp3) is 0.600. The van der Waals surface area contributed by atoms with Crippen LogP contribution in [0.5, 0.6) is 0 Å². The third kappa shape index (κ3) is 2.70. The van der Waals surface area contributed by atoms with Crippen LogP contribution in [0.2, 0.25) is 0 Å². The molecule has 0 bridgehead atoms. The lowest BCUT2D eigenvalue weighted by Crippen LogP contribution is -2.35. The fourth-order valence-corrected chi connectivity index (χ4v) is 2.89. The number of benzene rings is 1. The van der Waals surface area contributed by atoms with Crippen molar-refractivity contribution in [3.8, 4) is 0 Å². The van der Waals surface area contributed by atoms with Gasteiger partial charge in [0.25, 0.3) is 0 Å². The van der Waals surface area contributed by atoms with Crippen LogP contribution >= 0.6 is 0 Å². The Balaban J connectivity index is 1.57. The first kappa shape index (κ1) is 11.2. The molecule has 0 radical (unpaired) electrons. The van der Waals surface area contributed by atoms with Gasteiger partial charge in [-0.3, -0.25) is 0 Å². The Bertz CT molecular complexity index is 383. The van der Waals surface area contributed by atoms with E-state index in [9.17, 15) is 0 Å². The lowest BCUT2D eigenvalue weighted by molar-refractivity contribution is 0.0253. The number of hydrogen-bond acceptors (Lipinski definition) is 2. The van der Waals surface area contributed by atoms with E-state index in [0.717, 1.165) is 19.7 Å². The van der Waals surface area contributed by atoms with Gasteiger partial charge in [0.15, 0.2) is 0 Å². The van der Waals surface area contributed by atoms with Crippen LogP contribution in [-0.4, -0.2) is 19.2 Å². The van der Waals surface area contributed by atoms with Gasteiger partial charge in [0.1, 0.15) is 0 Å². The standard InChI is InChI=1S/C15H21NO/c1-3-13-7-6-12(9-14(13)4-1)11-17-15-5-2-8-16-10-15/h6-7,9,15-16H,1-5,8,10-11H2. The molecule has 1 saturated heterocycles. The molecule has 1 aromatic rings. The Kier molecular flexibility index (Phi) is 3.44. The first-order chi connectivity index (χ1) is 8.42. The second-order valence-electron chi connectivity index (χ2n) is 5.24. The summed E-state index contributed by atoms with van der Waals surface area (Å²) >= 11 is 0. The van der Waals surface area contributed by atoms with Crippen molar-refractivity contribution in [1.82, 2.24) is 5.32 Å². The minimum Gasteiger partial charge on any atom is -0.372 e. The molecule has 0 aromatic heterocycles. The summed E-state index contributed by atoms with van der Waals surface area (Å²) in [5, 5.41) is 3.39. The first-order valence-electron chi connectivity index (χ1n) is 6.85. The van der Waals surface area contributed by atoms with Gasteiger partial charge in [0.2, 0.25) is 0 Å². The summed E-state index contributed by atoms with van der Waals surface area (Å²) in [6.07, 6.45) is 6.72.